The molecule has 1 N–H and O–H groups in total. The lowest BCUT2D eigenvalue weighted by atomic mass is 9.91. The molecule has 32 heavy (non-hydrogen) atoms. The molecule has 2 amide bonds. The third kappa shape index (κ3) is 3.42. The van der Waals surface area contributed by atoms with E-state index in [4.69, 9.17) is 4.42 Å². The van der Waals surface area contributed by atoms with Crippen LogP contribution in [0, 0.1) is 6.92 Å². The molecule has 0 radical (unpaired) electrons. The Bertz CT molecular complexity index is 1150. The number of anilines is 1. The maximum absolute atomic E-state index is 13.9. The van der Waals surface area contributed by atoms with Gasteiger partial charge in [-0.2, -0.15) is 0 Å². The van der Waals surface area contributed by atoms with Crippen LogP contribution in [0.15, 0.2) is 47.1 Å². The molecule has 1 saturated carbocycles. The highest BCUT2D eigenvalue weighted by Gasteiger charge is 2.49. The number of carbonyl (C=O) groups excluding carboxylic acids is 2. The molecule has 0 bridgehead atoms. The van der Waals surface area contributed by atoms with Crippen molar-refractivity contribution in [3.63, 3.8) is 0 Å². The molecule has 1 atom stereocenters. The molecule has 1 aliphatic heterocycles. The van der Waals surface area contributed by atoms with Crippen molar-refractivity contribution in [3.8, 4) is 0 Å². The minimum Gasteiger partial charge on any atom is -0.463 e. The molecular weight excluding hydrogens is 402 g/mol. The van der Waals surface area contributed by atoms with Gasteiger partial charge in [0, 0.05) is 23.9 Å². The monoisotopic (exact) mass is 433 g/mol. The van der Waals surface area contributed by atoms with E-state index in [-0.39, 0.29) is 17.9 Å². The van der Waals surface area contributed by atoms with Gasteiger partial charge in [0.1, 0.15) is 11.2 Å². The summed E-state index contributed by atoms with van der Waals surface area (Å²) in [5, 5.41) is 3.33. The van der Waals surface area contributed by atoms with Crippen LogP contribution in [0.25, 0.3) is 11.1 Å². The van der Waals surface area contributed by atoms with Gasteiger partial charge >= 0.3 is 0 Å². The van der Waals surface area contributed by atoms with Gasteiger partial charge in [-0.3, -0.25) is 14.5 Å². The summed E-state index contributed by atoms with van der Waals surface area (Å²) in [4.78, 5) is 29.4. The Kier molecular flexibility index (Phi) is 5.31. The number of nitrogens with zero attached hydrogens (tertiary/aromatic N) is 2. The molecule has 0 spiro atoms. The SMILES string of the molecule is Cc1ccccc1N1C(=O)c2cc3occc3n2C[C@@]1(C)C(=O)NC1CCCCCCC1. The number of rotatable bonds is 3. The molecular formula is C26H31N3O3. The van der Waals surface area contributed by atoms with Crippen LogP contribution in [0.2, 0.25) is 0 Å². The van der Waals surface area contributed by atoms with E-state index in [0.717, 1.165) is 42.5 Å². The van der Waals surface area contributed by atoms with Crippen LogP contribution >= 0.6 is 0 Å². The molecule has 3 heterocycles. The van der Waals surface area contributed by atoms with E-state index >= 15 is 0 Å². The number of furan rings is 1. The largest absolute Gasteiger partial charge is 0.463 e. The lowest BCUT2D eigenvalue weighted by molar-refractivity contribution is -0.127. The first-order valence-corrected chi connectivity index (χ1v) is 11.8. The van der Waals surface area contributed by atoms with Crippen LogP contribution in [0.1, 0.15) is 67.9 Å². The van der Waals surface area contributed by atoms with Gasteiger partial charge in [0.05, 0.1) is 18.3 Å². The Morgan fingerprint density at radius 3 is 2.56 bits per heavy atom. The first kappa shape index (κ1) is 20.9. The van der Waals surface area contributed by atoms with Crippen molar-refractivity contribution in [2.75, 3.05) is 4.90 Å². The fourth-order valence-electron chi connectivity index (χ4n) is 5.35. The van der Waals surface area contributed by atoms with Crippen molar-refractivity contribution in [1.82, 2.24) is 9.88 Å². The first-order chi connectivity index (χ1) is 15.5. The second-order valence-electron chi connectivity index (χ2n) is 9.50. The van der Waals surface area contributed by atoms with Crippen LogP contribution in [0.4, 0.5) is 5.69 Å². The topological polar surface area (TPSA) is 67.5 Å². The van der Waals surface area contributed by atoms with Crippen molar-refractivity contribution in [3.05, 3.63) is 53.9 Å². The van der Waals surface area contributed by atoms with Gasteiger partial charge in [-0.25, -0.2) is 0 Å². The predicted octanol–water partition coefficient (Wildman–Crippen LogP) is 5.19. The predicted molar refractivity (Wildman–Crippen MR) is 125 cm³/mol. The Morgan fingerprint density at radius 2 is 1.81 bits per heavy atom. The number of nitrogens with one attached hydrogen (secondary N) is 1. The fraction of sp³-hybridized carbons (Fsp3) is 0.462. The summed E-state index contributed by atoms with van der Waals surface area (Å²) in [7, 11) is 0. The zero-order chi connectivity index (χ0) is 22.3. The summed E-state index contributed by atoms with van der Waals surface area (Å²) < 4.78 is 7.51. The van der Waals surface area contributed by atoms with Crippen molar-refractivity contribution in [1.29, 1.82) is 0 Å². The van der Waals surface area contributed by atoms with Gasteiger partial charge in [0.25, 0.3) is 5.91 Å². The Balaban J connectivity index is 1.56. The number of carbonyl (C=O) groups is 2. The molecule has 2 aromatic heterocycles. The Morgan fingerprint density at radius 1 is 1.09 bits per heavy atom. The third-order valence-electron chi connectivity index (χ3n) is 7.19. The van der Waals surface area contributed by atoms with E-state index in [1.165, 1.54) is 19.3 Å². The maximum atomic E-state index is 13.9. The van der Waals surface area contributed by atoms with Crippen molar-refractivity contribution in [2.24, 2.45) is 0 Å². The van der Waals surface area contributed by atoms with Gasteiger partial charge in [-0.15, -0.1) is 0 Å². The van der Waals surface area contributed by atoms with E-state index in [0.29, 0.717) is 17.8 Å². The second kappa shape index (κ2) is 8.15. The van der Waals surface area contributed by atoms with Gasteiger partial charge < -0.3 is 14.3 Å². The summed E-state index contributed by atoms with van der Waals surface area (Å²) in [6.07, 6.45) is 9.64. The van der Waals surface area contributed by atoms with Crippen molar-refractivity contribution < 1.29 is 14.0 Å². The zero-order valence-corrected chi connectivity index (χ0v) is 18.9. The molecule has 6 heteroatoms. The molecule has 1 aromatic carbocycles. The summed E-state index contributed by atoms with van der Waals surface area (Å²) in [6, 6.07) is 11.6. The fourth-order valence-corrected chi connectivity index (χ4v) is 5.35. The van der Waals surface area contributed by atoms with E-state index in [1.807, 2.05) is 48.7 Å². The van der Waals surface area contributed by atoms with E-state index in [2.05, 4.69) is 5.32 Å². The van der Waals surface area contributed by atoms with Crippen LogP contribution in [0.3, 0.4) is 0 Å². The lowest BCUT2D eigenvalue weighted by Crippen LogP contribution is -2.65. The van der Waals surface area contributed by atoms with Gasteiger partial charge in [-0.1, -0.05) is 50.3 Å². The Hall–Kier alpha value is -3.02. The molecule has 5 rings (SSSR count). The highest BCUT2D eigenvalue weighted by atomic mass is 16.3. The number of aryl methyl sites for hydroxylation is 1. The quantitative estimate of drug-likeness (QED) is 0.618. The number of para-hydroxylation sites is 1. The number of hydrogen-bond donors (Lipinski definition) is 1. The minimum atomic E-state index is -1.05. The summed E-state index contributed by atoms with van der Waals surface area (Å²) in [6.45, 7) is 4.25. The van der Waals surface area contributed by atoms with Crippen LogP contribution in [-0.4, -0.2) is 28.0 Å². The molecule has 3 aromatic rings. The van der Waals surface area contributed by atoms with Crippen LogP contribution in [0.5, 0.6) is 0 Å². The third-order valence-corrected chi connectivity index (χ3v) is 7.19. The molecule has 2 aliphatic rings. The lowest BCUT2D eigenvalue weighted by Gasteiger charge is -2.45. The molecule has 1 fully saturated rings. The Labute approximate surface area is 188 Å². The normalized spacial score (nSPS) is 22.4. The number of aromatic nitrogens is 1. The van der Waals surface area contributed by atoms with E-state index < -0.39 is 5.54 Å². The van der Waals surface area contributed by atoms with E-state index in [1.54, 1.807) is 17.2 Å². The minimum absolute atomic E-state index is 0.0873. The molecule has 168 valence electrons. The number of hydrogen-bond acceptors (Lipinski definition) is 3. The zero-order valence-electron chi connectivity index (χ0n) is 18.9. The molecule has 0 unspecified atom stereocenters. The van der Waals surface area contributed by atoms with Gasteiger partial charge in [-0.05, 0) is 38.3 Å². The number of fused-ring (bicyclic) bond motifs is 3. The highest BCUT2D eigenvalue weighted by molar-refractivity contribution is 6.14. The molecule has 0 saturated heterocycles. The summed E-state index contributed by atoms with van der Waals surface area (Å²) >= 11 is 0. The first-order valence-electron chi connectivity index (χ1n) is 11.8. The highest BCUT2D eigenvalue weighted by Crippen LogP contribution is 2.37. The average molecular weight is 434 g/mol. The maximum Gasteiger partial charge on any atom is 0.276 e. The summed E-state index contributed by atoms with van der Waals surface area (Å²) in [5.74, 6) is -0.261. The molecule has 6 nitrogen and oxygen atoms in total. The smallest absolute Gasteiger partial charge is 0.276 e. The van der Waals surface area contributed by atoms with Crippen LogP contribution < -0.4 is 10.2 Å². The standard InChI is InChI=1S/C26H31N3O3/c1-18-10-8-9-13-20(18)29-24(30)22-16-23-21(14-15-32-23)28(22)17-26(29,2)25(31)27-19-11-6-4-3-5-7-12-19/h8-10,13-16,19H,3-7,11-12,17H2,1-2H3,(H,27,31)/t26-/m0/s1. The van der Waals surface area contributed by atoms with Gasteiger partial charge in [0.15, 0.2) is 5.58 Å². The second-order valence-corrected chi connectivity index (χ2v) is 9.50. The van der Waals surface area contributed by atoms with Gasteiger partial charge in [0.2, 0.25) is 5.91 Å². The number of benzene rings is 1. The van der Waals surface area contributed by atoms with Crippen molar-refractivity contribution in [2.45, 2.75) is 76.9 Å². The summed E-state index contributed by atoms with van der Waals surface area (Å²) in [5.41, 5.74) is 2.76. The molecule has 1 aliphatic carbocycles. The van der Waals surface area contributed by atoms with Crippen LogP contribution in [-0.2, 0) is 11.3 Å². The number of amides is 2. The average Bonchev–Trinajstić information content (AvgIpc) is 3.34. The van der Waals surface area contributed by atoms with E-state index in [9.17, 15) is 9.59 Å². The van der Waals surface area contributed by atoms with Crippen molar-refractivity contribution >= 4 is 28.6 Å².